The van der Waals surface area contributed by atoms with E-state index in [0.717, 1.165) is 42.0 Å². The maximum atomic E-state index is 12.6. The Morgan fingerprint density at radius 1 is 1.13 bits per heavy atom. The maximum absolute atomic E-state index is 12.6. The number of fused-ring (bicyclic) bond motifs is 1. The summed E-state index contributed by atoms with van der Waals surface area (Å²) in [6.45, 7) is 7.18. The van der Waals surface area contributed by atoms with Crippen LogP contribution in [-0.2, 0) is 9.59 Å². The molecule has 1 aliphatic heterocycles. The van der Waals surface area contributed by atoms with Crippen LogP contribution in [0.5, 0.6) is 5.75 Å². The van der Waals surface area contributed by atoms with Crippen molar-refractivity contribution in [2.24, 2.45) is 5.92 Å². The second-order valence-corrected chi connectivity index (χ2v) is 8.75. The van der Waals surface area contributed by atoms with Crippen molar-refractivity contribution in [1.29, 1.82) is 0 Å². The normalized spacial score (nSPS) is 14.7. The fourth-order valence-electron chi connectivity index (χ4n) is 3.74. The minimum absolute atomic E-state index is 0.139. The number of rotatable bonds is 4. The van der Waals surface area contributed by atoms with Crippen molar-refractivity contribution in [3.05, 3.63) is 41.0 Å². The molecule has 3 aromatic rings. The van der Waals surface area contributed by atoms with Gasteiger partial charge >= 0.3 is 5.97 Å². The number of hydrogen-bond donors (Lipinski definition) is 1. The number of amides is 1. The number of nitrogens with one attached hydrogen (secondary N) is 1. The molecule has 0 atom stereocenters. The number of benzene rings is 1. The van der Waals surface area contributed by atoms with Crippen molar-refractivity contribution < 1.29 is 14.3 Å². The zero-order chi connectivity index (χ0) is 21.3. The van der Waals surface area contributed by atoms with Gasteiger partial charge in [-0.25, -0.2) is 9.97 Å². The van der Waals surface area contributed by atoms with E-state index < -0.39 is 0 Å². The number of ether oxygens (including phenoxy) is 1. The topological polar surface area (TPSA) is 84.4 Å². The SMILES string of the molecule is CC(=O)Nc1ccc(OC(=O)C2CCN(c3ncnc4sc(C)c(C)c34)CC2)cc1. The van der Waals surface area contributed by atoms with Gasteiger partial charge in [-0.15, -0.1) is 11.3 Å². The molecular weight excluding hydrogens is 400 g/mol. The van der Waals surface area contributed by atoms with Gasteiger partial charge in [0.15, 0.2) is 0 Å². The lowest BCUT2D eigenvalue weighted by molar-refractivity contribution is -0.139. The number of aromatic nitrogens is 2. The molecule has 1 amide bonds. The molecule has 0 saturated carbocycles. The highest BCUT2D eigenvalue weighted by atomic mass is 32.1. The van der Waals surface area contributed by atoms with E-state index in [4.69, 9.17) is 4.74 Å². The van der Waals surface area contributed by atoms with Crippen molar-refractivity contribution in [2.75, 3.05) is 23.3 Å². The zero-order valence-electron chi connectivity index (χ0n) is 17.3. The fourth-order valence-corrected chi connectivity index (χ4v) is 4.73. The van der Waals surface area contributed by atoms with Crippen LogP contribution < -0.4 is 15.0 Å². The lowest BCUT2D eigenvalue weighted by Gasteiger charge is -2.32. The van der Waals surface area contributed by atoms with Gasteiger partial charge in [-0.3, -0.25) is 9.59 Å². The van der Waals surface area contributed by atoms with E-state index in [-0.39, 0.29) is 17.8 Å². The summed E-state index contributed by atoms with van der Waals surface area (Å²) in [6, 6.07) is 6.82. The van der Waals surface area contributed by atoms with E-state index in [0.29, 0.717) is 11.4 Å². The number of hydrogen-bond acceptors (Lipinski definition) is 7. The van der Waals surface area contributed by atoms with Crippen molar-refractivity contribution in [1.82, 2.24) is 9.97 Å². The Hall–Kier alpha value is -3.00. The van der Waals surface area contributed by atoms with Gasteiger partial charge in [0.05, 0.1) is 11.3 Å². The van der Waals surface area contributed by atoms with Crippen molar-refractivity contribution >= 4 is 44.9 Å². The second-order valence-electron chi connectivity index (χ2n) is 7.55. The summed E-state index contributed by atoms with van der Waals surface area (Å²) < 4.78 is 5.55. The molecule has 4 rings (SSSR count). The van der Waals surface area contributed by atoms with E-state index in [2.05, 4.69) is 34.0 Å². The predicted molar refractivity (Wildman–Crippen MR) is 118 cm³/mol. The van der Waals surface area contributed by atoms with Crippen LogP contribution in [0, 0.1) is 19.8 Å². The van der Waals surface area contributed by atoms with Crippen LogP contribution in [0.25, 0.3) is 10.2 Å². The monoisotopic (exact) mass is 424 g/mol. The average molecular weight is 425 g/mol. The maximum Gasteiger partial charge on any atom is 0.314 e. The summed E-state index contributed by atoms with van der Waals surface area (Å²) in [5.74, 6) is 0.956. The van der Waals surface area contributed by atoms with E-state index in [1.165, 1.54) is 17.4 Å². The van der Waals surface area contributed by atoms with Gasteiger partial charge in [-0.05, 0) is 56.5 Å². The van der Waals surface area contributed by atoms with Crippen LogP contribution in [0.15, 0.2) is 30.6 Å². The standard InChI is InChI=1S/C22H24N4O3S/c1-13-14(2)30-21-19(13)20(23-12-24-21)26-10-8-16(9-11-26)22(28)29-18-6-4-17(5-7-18)25-15(3)27/h4-7,12,16H,8-11H2,1-3H3,(H,25,27). The summed E-state index contributed by atoms with van der Waals surface area (Å²) in [6.07, 6.45) is 3.06. The first-order chi connectivity index (χ1) is 14.4. The minimum atomic E-state index is -0.211. The molecule has 1 fully saturated rings. The lowest BCUT2D eigenvalue weighted by Crippen LogP contribution is -2.38. The summed E-state index contributed by atoms with van der Waals surface area (Å²) in [5.41, 5.74) is 1.90. The van der Waals surface area contributed by atoms with Gasteiger partial charge < -0.3 is 15.0 Å². The number of carbonyl (C=O) groups excluding carboxylic acids is 2. The number of anilines is 2. The summed E-state index contributed by atoms with van der Waals surface area (Å²) in [4.78, 5) is 37.2. The molecule has 1 aliphatic rings. The summed E-state index contributed by atoms with van der Waals surface area (Å²) in [7, 11) is 0. The van der Waals surface area contributed by atoms with Crippen LogP contribution in [0.1, 0.15) is 30.2 Å². The Bertz CT molecular complexity index is 1090. The molecular formula is C22H24N4O3S. The Balaban J connectivity index is 1.39. The van der Waals surface area contributed by atoms with Gasteiger partial charge in [0, 0.05) is 30.6 Å². The minimum Gasteiger partial charge on any atom is -0.426 e. The number of piperidine rings is 1. The van der Waals surface area contributed by atoms with E-state index in [1.54, 1.807) is 41.9 Å². The molecule has 0 bridgehead atoms. The quantitative estimate of drug-likeness (QED) is 0.502. The molecule has 1 aromatic carbocycles. The molecule has 3 heterocycles. The van der Waals surface area contributed by atoms with Crippen molar-refractivity contribution in [2.45, 2.75) is 33.6 Å². The van der Waals surface area contributed by atoms with Gasteiger partial charge in [0.25, 0.3) is 0 Å². The highest BCUT2D eigenvalue weighted by Crippen LogP contribution is 2.35. The van der Waals surface area contributed by atoms with Gasteiger partial charge in [-0.1, -0.05) is 0 Å². The Morgan fingerprint density at radius 3 is 2.50 bits per heavy atom. The third-order valence-corrected chi connectivity index (χ3v) is 6.58. The highest BCUT2D eigenvalue weighted by molar-refractivity contribution is 7.18. The molecule has 8 heteroatoms. The van der Waals surface area contributed by atoms with E-state index >= 15 is 0 Å². The molecule has 156 valence electrons. The van der Waals surface area contributed by atoms with Crippen LogP contribution in [0.3, 0.4) is 0 Å². The zero-order valence-corrected chi connectivity index (χ0v) is 18.1. The molecule has 0 radical (unpaired) electrons. The molecule has 0 unspecified atom stereocenters. The molecule has 2 aromatic heterocycles. The number of thiophene rings is 1. The average Bonchev–Trinajstić information content (AvgIpc) is 3.03. The first-order valence-electron chi connectivity index (χ1n) is 9.97. The lowest BCUT2D eigenvalue weighted by atomic mass is 9.96. The molecule has 0 aliphatic carbocycles. The fraction of sp³-hybridized carbons (Fsp3) is 0.364. The van der Waals surface area contributed by atoms with Gasteiger partial charge in [-0.2, -0.15) is 0 Å². The largest absolute Gasteiger partial charge is 0.426 e. The number of nitrogens with zero attached hydrogens (tertiary/aromatic N) is 3. The van der Waals surface area contributed by atoms with Crippen LogP contribution in [0.2, 0.25) is 0 Å². The van der Waals surface area contributed by atoms with E-state index in [1.807, 2.05) is 0 Å². The summed E-state index contributed by atoms with van der Waals surface area (Å²) >= 11 is 1.69. The van der Waals surface area contributed by atoms with Crippen LogP contribution in [-0.4, -0.2) is 34.9 Å². The highest BCUT2D eigenvalue weighted by Gasteiger charge is 2.28. The van der Waals surface area contributed by atoms with Crippen molar-refractivity contribution in [3.63, 3.8) is 0 Å². The second kappa shape index (κ2) is 8.39. The predicted octanol–water partition coefficient (Wildman–Crippen LogP) is 4.09. The van der Waals surface area contributed by atoms with Gasteiger partial charge in [0.2, 0.25) is 5.91 Å². The van der Waals surface area contributed by atoms with Crippen molar-refractivity contribution in [3.8, 4) is 5.75 Å². The van der Waals surface area contributed by atoms with Gasteiger partial charge in [0.1, 0.15) is 22.7 Å². The first kappa shape index (κ1) is 20.3. The molecule has 0 spiro atoms. The van der Waals surface area contributed by atoms with Crippen LogP contribution in [0.4, 0.5) is 11.5 Å². The molecule has 1 saturated heterocycles. The number of aryl methyl sites for hydroxylation is 2. The third kappa shape index (κ3) is 4.14. The first-order valence-corrected chi connectivity index (χ1v) is 10.8. The third-order valence-electron chi connectivity index (χ3n) is 5.47. The van der Waals surface area contributed by atoms with E-state index in [9.17, 15) is 9.59 Å². The molecule has 30 heavy (non-hydrogen) atoms. The van der Waals surface area contributed by atoms with Crippen LogP contribution >= 0.6 is 11.3 Å². The Kier molecular flexibility index (Phi) is 5.67. The number of carbonyl (C=O) groups is 2. The summed E-state index contributed by atoms with van der Waals surface area (Å²) in [5, 5.41) is 3.82. The smallest absolute Gasteiger partial charge is 0.314 e. The Labute approximate surface area is 179 Å². The number of esters is 1. The molecule has 1 N–H and O–H groups in total. The molecule has 7 nitrogen and oxygen atoms in total. The Morgan fingerprint density at radius 2 is 1.83 bits per heavy atom.